The van der Waals surface area contributed by atoms with Gasteiger partial charge in [0.25, 0.3) is 0 Å². The zero-order valence-corrected chi connectivity index (χ0v) is 8.52. The van der Waals surface area contributed by atoms with Gasteiger partial charge in [0, 0.05) is 5.02 Å². The number of aromatic hydroxyl groups is 1. The van der Waals surface area contributed by atoms with Gasteiger partial charge >= 0.3 is 0 Å². The molecule has 1 aromatic rings. The summed E-state index contributed by atoms with van der Waals surface area (Å²) in [4.78, 5) is 0. The summed E-state index contributed by atoms with van der Waals surface area (Å²) in [5.41, 5.74) is 0.935. The maximum Gasteiger partial charge on any atom is 0.120 e. The van der Waals surface area contributed by atoms with Crippen molar-refractivity contribution < 1.29 is 5.11 Å². The molecule has 1 nitrogen and oxygen atoms in total. The Hall–Kier alpha value is -0.690. The topological polar surface area (TPSA) is 20.2 Å². The lowest BCUT2D eigenvalue weighted by molar-refractivity contribution is 0.469. The van der Waals surface area contributed by atoms with Crippen molar-refractivity contribution in [3.63, 3.8) is 0 Å². The molecule has 0 unspecified atom stereocenters. The van der Waals surface area contributed by atoms with Gasteiger partial charge in [-0.1, -0.05) is 38.4 Å². The van der Waals surface area contributed by atoms with Gasteiger partial charge in [-0.15, -0.1) is 0 Å². The number of phenols is 1. The number of benzene rings is 1. The van der Waals surface area contributed by atoms with Crippen LogP contribution in [0, 0.1) is 0 Å². The largest absolute Gasteiger partial charge is 0.508 e. The van der Waals surface area contributed by atoms with Gasteiger partial charge in [0.1, 0.15) is 5.75 Å². The molecule has 0 bridgehead atoms. The Labute approximate surface area is 79.0 Å². The van der Waals surface area contributed by atoms with E-state index >= 15 is 0 Å². The number of phenolic OH excluding ortho intramolecular Hbond substituents is 1. The summed E-state index contributed by atoms with van der Waals surface area (Å²) in [6, 6.07) is 5.16. The van der Waals surface area contributed by atoms with Crippen LogP contribution in [0.3, 0.4) is 0 Å². The van der Waals surface area contributed by atoms with Gasteiger partial charge in [0.05, 0.1) is 0 Å². The van der Waals surface area contributed by atoms with Gasteiger partial charge < -0.3 is 5.11 Å². The highest BCUT2D eigenvalue weighted by atomic mass is 35.5. The Morgan fingerprint density at radius 1 is 1.33 bits per heavy atom. The van der Waals surface area contributed by atoms with Crippen molar-refractivity contribution >= 4 is 11.6 Å². The van der Waals surface area contributed by atoms with Gasteiger partial charge in [0.2, 0.25) is 0 Å². The molecule has 0 radical (unpaired) electrons. The van der Waals surface area contributed by atoms with E-state index < -0.39 is 0 Å². The van der Waals surface area contributed by atoms with Crippen molar-refractivity contribution in [2.24, 2.45) is 0 Å². The molecule has 0 saturated heterocycles. The van der Waals surface area contributed by atoms with Crippen LogP contribution in [-0.4, -0.2) is 5.11 Å². The summed E-state index contributed by atoms with van der Waals surface area (Å²) < 4.78 is 0. The maximum atomic E-state index is 9.21. The van der Waals surface area contributed by atoms with E-state index in [1.54, 1.807) is 12.1 Å². The van der Waals surface area contributed by atoms with Gasteiger partial charge in [-0.2, -0.15) is 0 Å². The summed E-state index contributed by atoms with van der Waals surface area (Å²) in [7, 11) is 0. The van der Waals surface area contributed by atoms with Crippen molar-refractivity contribution in [2.75, 3.05) is 0 Å². The zero-order valence-electron chi connectivity index (χ0n) is 7.76. The molecule has 0 aromatic heterocycles. The van der Waals surface area contributed by atoms with Crippen LogP contribution in [0.25, 0.3) is 0 Å². The first-order valence-corrected chi connectivity index (χ1v) is 4.59. The first kappa shape index (κ1) is 11.3. The normalized spacial score (nSPS) is 8.67. The molecule has 1 aromatic carbocycles. The number of aryl methyl sites for hydroxylation is 1. The Kier molecular flexibility index (Phi) is 5.56. The third kappa shape index (κ3) is 3.14. The monoisotopic (exact) mass is 186 g/mol. The molecule has 12 heavy (non-hydrogen) atoms. The second-order valence-corrected chi connectivity index (χ2v) is 2.56. The lowest BCUT2D eigenvalue weighted by Crippen LogP contribution is -1.79. The third-order valence-electron chi connectivity index (χ3n) is 1.43. The van der Waals surface area contributed by atoms with Crippen molar-refractivity contribution in [1.29, 1.82) is 0 Å². The Balaban J connectivity index is 0.000000561. The molecular formula is C10H15ClO. The summed E-state index contributed by atoms with van der Waals surface area (Å²) in [6.07, 6.45) is 0.836. The first-order chi connectivity index (χ1) is 5.74. The highest BCUT2D eigenvalue weighted by Crippen LogP contribution is 2.21. The van der Waals surface area contributed by atoms with Crippen LogP contribution in [0.15, 0.2) is 18.2 Å². The van der Waals surface area contributed by atoms with E-state index in [2.05, 4.69) is 0 Å². The minimum absolute atomic E-state index is 0.287. The summed E-state index contributed by atoms with van der Waals surface area (Å²) in [6.45, 7) is 5.99. The van der Waals surface area contributed by atoms with E-state index in [0.29, 0.717) is 5.02 Å². The minimum atomic E-state index is 0.287. The number of hydrogen-bond acceptors (Lipinski definition) is 1. The molecule has 68 valence electrons. The maximum absolute atomic E-state index is 9.21. The van der Waals surface area contributed by atoms with Crippen LogP contribution in [-0.2, 0) is 6.42 Å². The van der Waals surface area contributed by atoms with Crippen molar-refractivity contribution in [2.45, 2.75) is 27.2 Å². The molecule has 0 fully saturated rings. The van der Waals surface area contributed by atoms with E-state index in [-0.39, 0.29) is 5.75 Å². The summed E-state index contributed by atoms with van der Waals surface area (Å²) in [5.74, 6) is 0.287. The van der Waals surface area contributed by atoms with E-state index in [9.17, 15) is 5.11 Å². The van der Waals surface area contributed by atoms with Crippen molar-refractivity contribution in [3.05, 3.63) is 28.8 Å². The second kappa shape index (κ2) is 5.90. The second-order valence-electron chi connectivity index (χ2n) is 2.13. The fourth-order valence-corrected chi connectivity index (χ4v) is 1.00. The molecule has 0 heterocycles. The highest BCUT2D eigenvalue weighted by Gasteiger charge is 1.97. The van der Waals surface area contributed by atoms with Crippen molar-refractivity contribution in [3.8, 4) is 5.75 Å². The Morgan fingerprint density at radius 3 is 2.33 bits per heavy atom. The van der Waals surface area contributed by atoms with E-state index in [1.165, 1.54) is 0 Å². The molecule has 0 atom stereocenters. The molecule has 1 N–H and O–H groups in total. The fraction of sp³-hybridized carbons (Fsp3) is 0.400. The molecule has 0 aliphatic heterocycles. The van der Waals surface area contributed by atoms with Crippen molar-refractivity contribution in [1.82, 2.24) is 0 Å². The standard InChI is InChI=1S/C8H9ClO.C2H6/c1-2-6-3-4-7(9)5-8(6)10;1-2/h3-5,10H,2H2,1H3;1-2H3. The smallest absolute Gasteiger partial charge is 0.120 e. The molecular weight excluding hydrogens is 172 g/mol. The van der Waals surface area contributed by atoms with Crippen LogP contribution < -0.4 is 0 Å². The lowest BCUT2D eigenvalue weighted by Gasteiger charge is -1.99. The number of hydrogen-bond donors (Lipinski definition) is 1. The third-order valence-corrected chi connectivity index (χ3v) is 1.66. The average molecular weight is 187 g/mol. The van der Waals surface area contributed by atoms with Crippen LogP contribution >= 0.6 is 11.6 Å². The quantitative estimate of drug-likeness (QED) is 0.710. The molecule has 2 heteroatoms. The van der Waals surface area contributed by atoms with Gasteiger partial charge in [0.15, 0.2) is 0 Å². The van der Waals surface area contributed by atoms with E-state index in [4.69, 9.17) is 11.6 Å². The predicted octanol–water partition coefficient (Wildman–Crippen LogP) is 3.63. The first-order valence-electron chi connectivity index (χ1n) is 4.21. The summed E-state index contributed by atoms with van der Waals surface area (Å²) in [5, 5.41) is 9.79. The zero-order chi connectivity index (χ0) is 9.56. The lowest BCUT2D eigenvalue weighted by atomic mass is 10.1. The van der Waals surface area contributed by atoms with Crippen LogP contribution in [0.4, 0.5) is 0 Å². The van der Waals surface area contributed by atoms with Crippen LogP contribution in [0.1, 0.15) is 26.3 Å². The SMILES string of the molecule is CC.CCc1ccc(Cl)cc1O. The van der Waals surface area contributed by atoms with Gasteiger partial charge in [-0.05, 0) is 24.1 Å². The molecule has 0 aliphatic rings. The van der Waals surface area contributed by atoms with Crippen LogP contribution in [0.2, 0.25) is 5.02 Å². The fourth-order valence-electron chi connectivity index (χ4n) is 0.836. The van der Waals surface area contributed by atoms with E-state index in [0.717, 1.165) is 12.0 Å². The van der Waals surface area contributed by atoms with Gasteiger partial charge in [-0.25, -0.2) is 0 Å². The minimum Gasteiger partial charge on any atom is -0.508 e. The Bertz CT molecular complexity index is 233. The van der Waals surface area contributed by atoms with Gasteiger partial charge in [-0.3, -0.25) is 0 Å². The molecule has 1 rings (SSSR count). The van der Waals surface area contributed by atoms with Crippen LogP contribution in [0.5, 0.6) is 5.75 Å². The molecule has 0 spiro atoms. The van der Waals surface area contributed by atoms with E-state index in [1.807, 2.05) is 26.8 Å². The predicted molar refractivity (Wildman–Crippen MR) is 53.8 cm³/mol. The molecule has 0 amide bonds. The Morgan fingerprint density at radius 2 is 1.92 bits per heavy atom. The summed E-state index contributed by atoms with van der Waals surface area (Å²) >= 11 is 5.61. The molecule has 0 saturated carbocycles. The molecule has 0 aliphatic carbocycles. The number of rotatable bonds is 1. The average Bonchev–Trinajstić information content (AvgIpc) is 2.08. The highest BCUT2D eigenvalue weighted by molar-refractivity contribution is 6.30. The number of halogens is 1.